The summed E-state index contributed by atoms with van der Waals surface area (Å²) in [6.07, 6.45) is 3.34. The Hall–Kier alpha value is -2.63. The smallest absolute Gasteiger partial charge is 0.256 e. The number of nitrogens with one attached hydrogen (secondary N) is 1. The minimum atomic E-state index is -0.0582. The molecule has 1 fully saturated rings. The lowest BCUT2D eigenvalue weighted by Gasteiger charge is -2.37. The van der Waals surface area contributed by atoms with Crippen LogP contribution >= 0.6 is 11.3 Å². The molecule has 2 heterocycles. The van der Waals surface area contributed by atoms with Gasteiger partial charge in [-0.25, -0.2) is 0 Å². The van der Waals surface area contributed by atoms with Gasteiger partial charge in [0.2, 0.25) is 0 Å². The predicted octanol–water partition coefficient (Wildman–Crippen LogP) is 6.39. The van der Waals surface area contributed by atoms with Crippen LogP contribution in [0.2, 0.25) is 0 Å². The lowest BCUT2D eigenvalue weighted by Crippen LogP contribution is -2.37. The van der Waals surface area contributed by atoms with Crippen molar-refractivity contribution in [3.05, 3.63) is 82.2 Å². The van der Waals surface area contributed by atoms with Crippen LogP contribution in [0.3, 0.4) is 0 Å². The normalized spacial score (nSPS) is 16.0. The molecule has 1 N–H and O–H groups in total. The highest BCUT2D eigenvalue weighted by Gasteiger charge is 2.29. The number of hydrogen-bond donors (Lipinski definition) is 1. The first-order chi connectivity index (χ1) is 15.6. The van der Waals surface area contributed by atoms with E-state index in [1.807, 2.05) is 42.5 Å². The van der Waals surface area contributed by atoms with E-state index < -0.39 is 0 Å². The van der Waals surface area contributed by atoms with Gasteiger partial charge in [0, 0.05) is 16.0 Å². The van der Waals surface area contributed by atoms with E-state index in [1.54, 1.807) is 18.4 Å². The number of thiophene rings is 1. The molecular formula is C27H32N2O2S. The summed E-state index contributed by atoms with van der Waals surface area (Å²) in [5.41, 5.74) is 3.10. The van der Waals surface area contributed by atoms with Gasteiger partial charge in [-0.3, -0.25) is 9.69 Å². The maximum atomic E-state index is 13.0. The first-order valence-electron chi connectivity index (χ1n) is 11.5. The van der Waals surface area contributed by atoms with Gasteiger partial charge in [-0.2, -0.15) is 0 Å². The monoisotopic (exact) mass is 448 g/mol. The van der Waals surface area contributed by atoms with Crippen molar-refractivity contribution < 1.29 is 9.53 Å². The summed E-state index contributed by atoms with van der Waals surface area (Å²) in [6.45, 7) is 6.62. The molecule has 4 nitrogen and oxygen atoms in total. The molecule has 1 aromatic heterocycles. The van der Waals surface area contributed by atoms with Crippen LogP contribution in [0.25, 0.3) is 0 Å². The summed E-state index contributed by atoms with van der Waals surface area (Å²) in [5, 5.41) is 4.18. The second-order valence-electron chi connectivity index (χ2n) is 8.57. The first kappa shape index (κ1) is 22.6. The molecule has 0 bridgehead atoms. The Morgan fingerprint density at radius 1 is 1.12 bits per heavy atom. The van der Waals surface area contributed by atoms with Gasteiger partial charge in [0.05, 0.1) is 13.2 Å². The molecule has 32 heavy (non-hydrogen) atoms. The highest BCUT2D eigenvalue weighted by molar-refractivity contribution is 7.16. The minimum Gasteiger partial charge on any atom is -0.497 e. The standard InChI is InChI=1S/C27H32N2O2S/c1-4-23-18-24(27(32-23)28-26(30)21-8-6-5-7-9-21)25(29-16-14-19(2)15-17-29)20-10-12-22(31-3)13-11-20/h5-13,18-19,25H,4,14-17H2,1-3H3,(H,28,30). The van der Waals surface area contributed by atoms with Gasteiger partial charge in [-0.05, 0) is 74.2 Å². The molecule has 3 aromatic rings. The minimum absolute atomic E-state index is 0.0582. The number of nitrogens with zero attached hydrogens (tertiary/aromatic N) is 1. The molecule has 5 heteroatoms. The zero-order chi connectivity index (χ0) is 22.5. The van der Waals surface area contributed by atoms with Crippen molar-refractivity contribution in [2.75, 3.05) is 25.5 Å². The van der Waals surface area contributed by atoms with E-state index in [1.165, 1.54) is 28.8 Å². The van der Waals surface area contributed by atoms with Crippen molar-refractivity contribution in [2.24, 2.45) is 5.92 Å². The zero-order valence-corrected chi connectivity index (χ0v) is 20.0. The fourth-order valence-corrected chi connectivity index (χ4v) is 5.38. The Morgan fingerprint density at radius 2 is 1.81 bits per heavy atom. The van der Waals surface area contributed by atoms with E-state index >= 15 is 0 Å². The number of aryl methyl sites for hydroxylation is 1. The average molecular weight is 449 g/mol. The SMILES string of the molecule is CCc1cc(C(c2ccc(OC)cc2)N2CCC(C)CC2)c(NC(=O)c2ccccc2)s1. The van der Waals surface area contributed by atoms with Gasteiger partial charge in [-0.15, -0.1) is 11.3 Å². The van der Waals surface area contributed by atoms with Crippen LogP contribution in [0.4, 0.5) is 5.00 Å². The number of hydrogen-bond acceptors (Lipinski definition) is 4. The van der Waals surface area contributed by atoms with Gasteiger partial charge >= 0.3 is 0 Å². The van der Waals surface area contributed by atoms with Gasteiger partial charge < -0.3 is 10.1 Å². The molecule has 168 valence electrons. The van der Waals surface area contributed by atoms with E-state index in [0.717, 1.165) is 36.2 Å². The second-order valence-corrected chi connectivity index (χ2v) is 9.70. The Morgan fingerprint density at radius 3 is 2.44 bits per heavy atom. The van der Waals surface area contributed by atoms with Crippen LogP contribution in [0, 0.1) is 5.92 Å². The molecule has 4 rings (SSSR count). The maximum absolute atomic E-state index is 13.0. The van der Waals surface area contributed by atoms with E-state index in [0.29, 0.717) is 5.56 Å². The molecule has 0 saturated carbocycles. The number of amides is 1. The number of carbonyl (C=O) groups excluding carboxylic acids is 1. The van der Waals surface area contributed by atoms with Crippen molar-refractivity contribution >= 4 is 22.2 Å². The van der Waals surface area contributed by atoms with Crippen LogP contribution in [0.5, 0.6) is 5.75 Å². The molecule has 1 unspecified atom stereocenters. The quantitative estimate of drug-likeness (QED) is 0.455. The van der Waals surface area contributed by atoms with Crippen molar-refractivity contribution in [3.8, 4) is 5.75 Å². The molecule has 0 aliphatic carbocycles. The maximum Gasteiger partial charge on any atom is 0.256 e. The summed E-state index contributed by atoms with van der Waals surface area (Å²) >= 11 is 1.69. The third kappa shape index (κ3) is 5.05. The fraction of sp³-hybridized carbons (Fsp3) is 0.370. The highest BCUT2D eigenvalue weighted by atomic mass is 32.1. The third-order valence-corrected chi connectivity index (χ3v) is 7.54. The van der Waals surface area contributed by atoms with Gasteiger partial charge in [-0.1, -0.05) is 44.2 Å². The molecule has 1 atom stereocenters. The first-order valence-corrected chi connectivity index (χ1v) is 12.3. The average Bonchev–Trinajstić information content (AvgIpc) is 3.23. The van der Waals surface area contributed by atoms with E-state index in [-0.39, 0.29) is 11.9 Å². The van der Waals surface area contributed by atoms with Crippen molar-refractivity contribution in [1.82, 2.24) is 4.90 Å². The van der Waals surface area contributed by atoms with Gasteiger partial charge in [0.25, 0.3) is 5.91 Å². The molecule has 0 spiro atoms. The number of carbonyl (C=O) groups is 1. The summed E-state index contributed by atoms with van der Waals surface area (Å²) < 4.78 is 5.39. The Balaban J connectivity index is 1.72. The molecule has 1 aliphatic heterocycles. The van der Waals surface area contributed by atoms with Crippen LogP contribution in [0.1, 0.15) is 59.1 Å². The highest BCUT2D eigenvalue weighted by Crippen LogP contribution is 2.41. The lowest BCUT2D eigenvalue weighted by atomic mass is 9.92. The number of anilines is 1. The third-order valence-electron chi connectivity index (χ3n) is 6.33. The van der Waals surface area contributed by atoms with Crippen molar-refractivity contribution in [1.29, 1.82) is 0 Å². The second kappa shape index (κ2) is 10.3. The molecule has 0 radical (unpaired) electrons. The van der Waals surface area contributed by atoms with E-state index in [4.69, 9.17) is 4.74 Å². The molecular weight excluding hydrogens is 416 g/mol. The number of ether oxygens (including phenoxy) is 1. The van der Waals surface area contributed by atoms with Crippen molar-refractivity contribution in [2.45, 2.75) is 39.2 Å². The molecule has 1 aliphatic rings. The van der Waals surface area contributed by atoms with Crippen LogP contribution in [-0.2, 0) is 6.42 Å². The van der Waals surface area contributed by atoms with Gasteiger partial charge in [0.1, 0.15) is 10.8 Å². The molecule has 1 amide bonds. The fourth-order valence-electron chi connectivity index (χ4n) is 4.36. The lowest BCUT2D eigenvalue weighted by molar-refractivity contribution is 0.102. The van der Waals surface area contributed by atoms with E-state index in [9.17, 15) is 4.79 Å². The predicted molar refractivity (Wildman–Crippen MR) is 133 cm³/mol. The number of likely N-dealkylation sites (tertiary alicyclic amines) is 1. The number of piperidine rings is 1. The molecule has 2 aromatic carbocycles. The Labute approximate surface area is 195 Å². The summed E-state index contributed by atoms with van der Waals surface area (Å²) in [5.74, 6) is 1.56. The molecule has 1 saturated heterocycles. The van der Waals surface area contributed by atoms with Crippen LogP contribution < -0.4 is 10.1 Å². The topological polar surface area (TPSA) is 41.6 Å². The number of rotatable bonds is 7. The summed E-state index contributed by atoms with van der Waals surface area (Å²) in [7, 11) is 1.70. The summed E-state index contributed by atoms with van der Waals surface area (Å²) in [6, 6.07) is 20.2. The van der Waals surface area contributed by atoms with Crippen LogP contribution in [-0.4, -0.2) is 31.0 Å². The Kier molecular flexibility index (Phi) is 7.28. The summed E-state index contributed by atoms with van der Waals surface area (Å²) in [4.78, 5) is 16.8. The largest absolute Gasteiger partial charge is 0.497 e. The van der Waals surface area contributed by atoms with Crippen LogP contribution in [0.15, 0.2) is 60.7 Å². The number of benzene rings is 2. The van der Waals surface area contributed by atoms with Crippen molar-refractivity contribution in [3.63, 3.8) is 0 Å². The zero-order valence-electron chi connectivity index (χ0n) is 19.1. The number of methoxy groups -OCH3 is 1. The Bertz CT molecular complexity index is 1020. The van der Waals surface area contributed by atoms with Gasteiger partial charge in [0.15, 0.2) is 0 Å². The van der Waals surface area contributed by atoms with E-state index in [2.05, 4.69) is 42.3 Å².